The molecule has 0 aliphatic carbocycles. The summed E-state index contributed by atoms with van der Waals surface area (Å²) in [6, 6.07) is 2.34. The van der Waals surface area contributed by atoms with Gasteiger partial charge in [0.2, 0.25) is 0 Å². The van der Waals surface area contributed by atoms with Crippen LogP contribution in [0.5, 0.6) is 0 Å². The maximum atomic E-state index is 13.9. The van der Waals surface area contributed by atoms with E-state index in [4.69, 9.17) is 26.6 Å². The van der Waals surface area contributed by atoms with Crippen molar-refractivity contribution in [2.24, 2.45) is 5.73 Å². The van der Waals surface area contributed by atoms with Crippen LogP contribution in [-0.2, 0) is 9.53 Å². The van der Waals surface area contributed by atoms with Gasteiger partial charge in [-0.05, 0) is 24.1 Å². The van der Waals surface area contributed by atoms with Crippen molar-refractivity contribution < 1.29 is 33.6 Å². The zero-order valence-corrected chi connectivity index (χ0v) is 20.4. The molecule has 3 heterocycles. The number of benzene rings is 1. The summed E-state index contributed by atoms with van der Waals surface area (Å²) in [6.45, 7) is 0.366. The van der Waals surface area contributed by atoms with Crippen molar-refractivity contribution in [3.63, 3.8) is 0 Å². The molecule has 39 heavy (non-hydrogen) atoms. The normalized spacial score (nSPS) is 22.1. The number of halogens is 2. The lowest BCUT2D eigenvalue weighted by atomic mass is 10.1. The number of aliphatic hydroxyl groups excluding tert-OH is 2. The minimum Gasteiger partial charge on any atom is -0.480 e. The molecule has 0 unspecified atom stereocenters. The van der Waals surface area contributed by atoms with Gasteiger partial charge in [0.05, 0.1) is 6.33 Å². The van der Waals surface area contributed by atoms with Gasteiger partial charge in [-0.2, -0.15) is 5.26 Å². The number of aromatic nitrogens is 4. The lowest BCUT2D eigenvalue weighted by molar-refractivity contribution is -0.138. The average Bonchev–Trinajstić information content (AvgIpc) is 3.44. The Kier molecular flexibility index (Phi) is 8.43. The molecule has 0 bridgehead atoms. The van der Waals surface area contributed by atoms with E-state index in [0.717, 1.165) is 12.1 Å². The lowest BCUT2D eigenvalue weighted by Gasteiger charge is -2.26. The lowest BCUT2D eigenvalue weighted by Crippen LogP contribution is -2.42. The Labute approximate surface area is 220 Å². The summed E-state index contributed by atoms with van der Waals surface area (Å²) in [4.78, 5) is 25.0. The molecule has 15 heteroatoms. The SMILES string of the molecule is N#Cc1c(F)cc(/C=C/CN(CC[C@H](N)C(=O)O)C[C@H]2O[C@@H](n3cnc4c(N)ncnc43)[C@H](O)[C@@H]2O)cc1F. The Morgan fingerprint density at radius 3 is 2.64 bits per heavy atom. The van der Waals surface area contributed by atoms with Crippen LogP contribution in [0.2, 0.25) is 0 Å². The standard InChI is InChI=1S/C24H26F2N8O5/c25-14-6-12(7-15(26)13(14)8-27)2-1-4-33(5-3-16(28)24(37)38)9-17-19(35)20(36)23(39-17)34-11-32-18-21(29)30-10-31-22(18)34/h1-2,6-7,10-11,16-17,19-20,23,35-36H,3-5,9,28H2,(H,37,38)(H2,29,30,31)/b2-1+/t16-,17+,19+,20+,23+/m0/s1. The second-order valence-corrected chi connectivity index (χ2v) is 9.00. The van der Waals surface area contributed by atoms with Crippen LogP contribution < -0.4 is 11.5 Å². The van der Waals surface area contributed by atoms with Crippen molar-refractivity contribution in [2.75, 3.05) is 25.4 Å². The van der Waals surface area contributed by atoms with E-state index in [2.05, 4.69) is 15.0 Å². The van der Waals surface area contributed by atoms with Crippen molar-refractivity contribution in [2.45, 2.75) is 37.0 Å². The zero-order valence-electron chi connectivity index (χ0n) is 20.4. The number of nitrogens with zero attached hydrogens (tertiary/aromatic N) is 6. The summed E-state index contributed by atoms with van der Waals surface area (Å²) >= 11 is 0. The summed E-state index contributed by atoms with van der Waals surface area (Å²) in [7, 11) is 0. The molecule has 0 saturated carbocycles. The number of imidazole rings is 1. The Morgan fingerprint density at radius 2 is 1.97 bits per heavy atom. The quantitative estimate of drug-likeness (QED) is 0.228. The number of nitrogens with two attached hydrogens (primary N) is 2. The first-order valence-electron chi connectivity index (χ1n) is 11.8. The average molecular weight is 545 g/mol. The van der Waals surface area contributed by atoms with E-state index >= 15 is 0 Å². The van der Waals surface area contributed by atoms with Crippen LogP contribution in [0.3, 0.4) is 0 Å². The monoisotopic (exact) mass is 544 g/mol. The van der Waals surface area contributed by atoms with Crippen molar-refractivity contribution >= 4 is 29.0 Å². The smallest absolute Gasteiger partial charge is 0.320 e. The van der Waals surface area contributed by atoms with Gasteiger partial charge in [-0.3, -0.25) is 14.3 Å². The number of aliphatic hydroxyl groups is 2. The van der Waals surface area contributed by atoms with Crippen LogP contribution in [0.4, 0.5) is 14.6 Å². The largest absolute Gasteiger partial charge is 0.480 e. The molecule has 1 aliphatic heterocycles. The highest BCUT2D eigenvalue weighted by atomic mass is 19.1. The minimum absolute atomic E-state index is 0.0469. The minimum atomic E-state index is -1.35. The number of ether oxygens (including phenoxy) is 1. The number of hydrogen-bond donors (Lipinski definition) is 5. The van der Waals surface area contributed by atoms with Crippen LogP contribution >= 0.6 is 0 Å². The third-order valence-electron chi connectivity index (χ3n) is 6.36. The van der Waals surface area contributed by atoms with Gasteiger partial charge < -0.3 is 31.5 Å². The van der Waals surface area contributed by atoms with Crippen molar-refractivity contribution in [1.29, 1.82) is 5.26 Å². The maximum Gasteiger partial charge on any atom is 0.320 e. The van der Waals surface area contributed by atoms with Crippen molar-refractivity contribution in [3.8, 4) is 6.07 Å². The van der Waals surface area contributed by atoms with Gasteiger partial charge in [-0.15, -0.1) is 0 Å². The second-order valence-electron chi connectivity index (χ2n) is 9.00. The topological polar surface area (TPSA) is 210 Å². The fraction of sp³-hybridized carbons (Fsp3) is 0.375. The van der Waals surface area contributed by atoms with Crippen LogP contribution in [0.1, 0.15) is 23.8 Å². The highest BCUT2D eigenvalue weighted by molar-refractivity contribution is 5.81. The molecule has 1 aliphatic rings. The number of hydrogen-bond acceptors (Lipinski definition) is 11. The number of aliphatic carboxylic acids is 1. The molecule has 7 N–H and O–H groups in total. The first kappa shape index (κ1) is 28.0. The van der Waals surface area contributed by atoms with Gasteiger partial charge in [0.25, 0.3) is 0 Å². The molecule has 13 nitrogen and oxygen atoms in total. The molecule has 206 valence electrons. The first-order valence-corrected chi connectivity index (χ1v) is 11.8. The van der Waals surface area contributed by atoms with Gasteiger partial charge in [0, 0.05) is 19.6 Å². The number of carboxylic acids is 1. The van der Waals surface area contributed by atoms with E-state index in [0.29, 0.717) is 11.2 Å². The van der Waals surface area contributed by atoms with E-state index in [1.165, 1.54) is 29.4 Å². The van der Waals surface area contributed by atoms with Gasteiger partial charge in [0.15, 0.2) is 17.7 Å². The highest BCUT2D eigenvalue weighted by Crippen LogP contribution is 2.32. The van der Waals surface area contributed by atoms with Crippen molar-refractivity contribution in [1.82, 2.24) is 24.4 Å². The summed E-state index contributed by atoms with van der Waals surface area (Å²) in [5, 5.41) is 39.4. The molecule has 2 aromatic heterocycles. The molecule has 5 atom stereocenters. The number of fused-ring (bicyclic) bond motifs is 1. The summed E-state index contributed by atoms with van der Waals surface area (Å²) < 4.78 is 35.3. The number of carboxylic acid groups (broad SMARTS) is 1. The molecule has 0 spiro atoms. The van der Waals surface area contributed by atoms with Gasteiger partial charge in [0.1, 0.15) is 59.5 Å². The maximum absolute atomic E-state index is 13.9. The van der Waals surface area contributed by atoms with Gasteiger partial charge in [-0.1, -0.05) is 12.2 Å². The third kappa shape index (κ3) is 6.00. The third-order valence-corrected chi connectivity index (χ3v) is 6.36. The number of carbonyl (C=O) groups is 1. The van der Waals surface area contributed by atoms with Crippen LogP contribution in [0.25, 0.3) is 17.2 Å². The fourth-order valence-electron chi connectivity index (χ4n) is 4.26. The van der Waals surface area contributed by atoms with E-state index < -0.39 is 53.7 Å². The first-order chi connectivity index (χ1) is 18.6. The van der Waals surface area contributed by atoms with E-state index in [9.17, 15) is 23.8 Å². The van der Waals surface area contributed by atoms with E-state index in [-0.39, 0.29) is 37.4 Å². The highest BCUT2D eigenvalue weighted by Gasteiger charge is 2.44. The number of rotatable bonds is 10. The van der Waals surface area contributed by atoms with E-state index in [1.807, 2.05) is 0 Å². The number of anilines is 1. The molecule has 4 rings (SSSR count). The zero-order chi connectivity index (χ0) is 28.3. The molecular formula is C24H26F2N8O5. The predicted octanol–water partition coefficient (Wildman–Crippen LogP) is -0.00502. The molecule has 1 fully saturated rings. The Balaban J connectivity index is 1.50. The Morgan fingerprint density at radius 1 is 1.26 bits per heavy atom. The van der Waals surface area contributed by atoms with Crippen LogP contribution in [0, 0.1) is 23.0 Å². The van der Waals surface area contributed by atoms with E-state index in [1.54, 1.807) is 11.0 Å². The fourth-order valence-corrected chi connectivity index (χ4v) is 4.26. The molecule has 1 aromatic carbocycles. The molecular weight excluding hydrogens is 518 g/mol. The van der Waals surface area contributed by atoms with Crippen LogP contribution in [0.15, 0.2) is 30.9 Å². The predicted molar refractivity (Wildman–Crippen MR) is 132 cm³/mol. The second kappa shape index (κ2) is 11.8. The summed E-state index contributed by atoms with van der Waals surface area (Å²) in [6.07, 6.45) is 1.01. The Bertz CT molecular complexity index is 1400. The Hall–Kier alpha value is -4.07. The van der Waals surface area contributed by atoms with Gasteiger partial charge in [-0.25, -0.2) is 23.7 Å². The van der Waals surface area contributed by atoms with Crippen molar-refractivity contribution in [3.05, 3.63) is 53.6 Å². The summed E-state index contributed by atoms with van der Waals surface area (Å²) in [5.41, 5.74) is 11.6. The molecule has 3 aromatic rings. The molecule has 0 amide bonds. The number of nitriles is 1. The molecule has 1 saturated heterocycles. The molecule has 0 radical (unpaired) electrons. The van der Waals surface area contributed by atoms with Gasteiger partial charge >= 0.3 is 5.97 Å². The number of nitrogen functional groups attached to an aromatic ring is 1. The summed E-state index contributed by atoms with van der Waals surface area (Å²) in [5.74, 6) is -3.04. The van der Waals surface area contributed by atoms with Crippen LogP contribution in [-0.4, -0.2) is 89.7 Å².